The van der Waals surface area contributed by atoms with Crippen molar-refractivity contribution < 1.29 is 9.59 Å². The maximum absolute atomic E-state index is 13.2. The Bertz CT molecular complexity index is 1490. The van der Waals surface area contributed by atoms with Crippen LogP contribution >= 0.6 is 0 Å². The monoisotopic (exact) mass is 498 g/mol. The molecule has 0 radical (unpaired) electrons. The van der Waals surface area contributed by atoms with Crippen LogP contribution in [0.15, 0.2) is 49.5 Å². The first kappa shape index (κ1) is 25.5. The Morgan fingerprint density at radius 3 is 2.57 bits per heavy atom. The molecule has 0 bridgehead atoms. The van der Waals surface area contributed by atoms with E-state index >= 15 is 0 Å². The quantitative estimate of drug-likeness (QED) is 0.230. The Labute approximate surface area is 214 Å². The Balaban J connectivity index is 1.74. The zero-order chi connectivity index (χ0) is 26.5. The lowest BCUT2D eigenvalue weighted by Crippen LogP contribution is -2.31. The van der Waals surface area contributed by atoms with Crippen LogP contribution < -0.4 is 5.32 Å². The molecule has 0 unspecified atom stereocenters. The lowest BCUT2D eigenvalue weighted by atomic mass is 10.1. The predicted octanol–water partition coefficient (Wildman–Crippen LogP) is 4.50. The Hall–Kier alpha value is -4.60. The number of aromatic nitrogens is 6. The van der Waals surface area contributed by atoms with Crippen LogP contribution in [-0.2, 0) is 9.59 Å². The summed E-state index contributed by atoms with van der Waals surface area (Å²) in [4.78, 5) is 43.5. The largest absolute Gasteiger partial charge is 0.340 e. The van der Waals surface area contributed by atoms with Gasteiger partial charge in [-0.15, -0.1) is 0 Å². The van der Waals surface area contributed by atoms with Crippen molar-refractivity contribution >= 4 is 34.1 Å². The summed E-state index contributed by atoms with van der Waals surface area (Å²) in [5.41, 5.74) is 5.17. The van der Waals surface area contributed by atoms with Gasteiger partial charge in [-0.25, -0.2) is 9.97 Å². The number of nitrogens with one attached hydrogen (secondary N) is 3. The minimum Gasteiger partial charge on any atom is -0.340 e. The number of imidazole rings is 1. The molecule has 190 valence electrons. The van der Waals surface area contributed by atoms with Crippen LogP contribution in [0.3, 0.4) is 0 Å². The number of H-pyrrole nitrogens is 2. The van der Waals surface area contributed by atoms with Crippen LogP contribution in [0.4, 0.5) is 5.69 Å². The summed E-state index contributed by atoms with van der Waals surface area (Å²) in [7, 11) is 0. The topological polar surface area (TPSA) is 133 Å². The van der Waals surface area contributed by atoms with E-state index in [-0.39, 0.29) is 11.8 Å². The van der Waals surface area contributed by atoms with Gasteiger partial charge in [-0.1, -0.05) is 19.6 Å². The van der Waals surface area contributed by atoms with Crippen molar-refractivity contribution in [3.05, 3.63) is 60.8 Å². The molecule has 0 saturated carbocycles. The van der Waals surface area contributed by atoms with Crippen molar-refractivity contribution in [1.82, 2.24) is 35.0 Å². The number of nitrogens with zero attached hydrogens (tertiary/aromatic N) is 5. The summed E-state index contributed by atoms with van der Waals surface area (Å²) in [5.74, 6) is 0.350. The average molecular weight is 499 g/mol. The van der Waals surface area contributed by atoms with Crippen LogP contribution in [0.25, 0.3) is 39.3 Å². The van der Waals surface area contributed by atoms with Crippen LogP contribution in [0, 0.1) is 6.92 Å². The molecule has 3 N–H and O–H groups in total. The van der Waals surface area contributed by atoms with Gasteiger partial charge in [0.15, 0.2) is 11.5 Å². The van der Waals surface area contributed by atoms with Gasteiger partial charge in [-0.05, 0) is 39.0 Å². The molecule has 10 nitrogen and oxygen atoms in total. The Morgan fingerprint density at radius 2 is 1.86 bits per heavy atom. The van der Waals surface area contributed by atoms with E-state index in [1.165, 1.54) is 0 Å². The molecular formula is C27H30N8O2. The maximum atomic E-state index is 13.2. The highest BCUT2D eigenvalue weighted by Crippen LogP contribution is 2.30. The molecule has 0 fully saturated rings. The van der Waals surface area contributed by atoms with Crippen molar-refractivity contribution in [3.8, 4) is 22.6 Å². The highest BCUT2D eigenvalue weighted by molar-refractivity contribution is 6.19. The van der Waals surface area contributed by atoms with Gasteiger partial charge in [0.2, 0.25) is 5.91 Å². The molecule has 0 aliphatic carbocycles. The fourth-order valence-corrected chi connectivity index (χ4v) is 4.05. The van der Waals surface area contributed by atoms with Crippen molar-refractivity contribution in [1.29, 1.82) is 0 Å². The molecule has 4 rings (SSSR count). The number of carbonyl (C=O) groups excluding carboxylic acids is 2. The summed E-state index contributed by atoms with van der Waals surface area (Å²) >= 11 is 0. The number of amides is 2. The molecule has 4 heterocycles. The smallest absolute Gasteiger partial charge is 0.256 e. The molecule has 0 aliphatic rings. The molecule has 0 atom stereocenters. The summed E-state index contributed by atoms with van der Waals surface area (Å²) < 4.78 is 0. The van der Waals surface area contributed by atoms with Gasteiger partial charge < -0.3 is 15.2 Å². The molecule has 10 heteroatoms. The molecule has 0 aromatic carbocycles. The lowest BCUT2D eigenvalue weighted by molar-refractivity contribution is -0.124. The van der Waals surface area contributed by atoms with Crippen molar-refractivity contribution in [2.45, 2.75) is 34.1 Å². The summed E-state index contributed by atoms with van der Waals surface area (Å²) in [5, 5.41) is 10.9. The van der Waals surface area contributed by atoms with Crippen LogP contribution in [0.5, 0.6) is 0 Å². The standard InChI is InChI=1S/C27H30N8O2/c1-6-10-20(27(37)35(8-3)9-4)23-16(5)30-26(32-23)24-21-12-18(14-29-25(21)34-33-24)17-11-19(15-28-13-17)31-22(36)7-2/h6,10-15H,1,7-9H2,2-5H3,(H,30,32)(H,31,36)(H,29,33,34)/b20-10+. The Kier molecular flexibility index (Phi) is 7.57. The second-order valence-electron chi connectivity index (χ2n) is 8.41. The molecule has 0 spiro atoms. The fourth-order valence-electron chi connectivity index (χ4n) is 4.05. The number of rotatable bonds is 9. The van der Waals surface area contributed by atoms with E-state index in [4.69, 9.17) is 4.98 Å². The molecule has 37 heavy (non-hydrogen) atoms. The van der Waals surface area contributed by atoms with E-state index in [9.17, 15) is 9.59 Å². The third-order valence-electron chi connectivity index (χ3n) is 6.03. The van der Waals surface area contributed by atoms with Gasteiger partial charge in [-0.2, -0.15) is 5.10 Å². The number of fused-ring (bicyclic) bond motifs is 1. The fraction of sp³-hybridized carbons (Fsp3) is 0.259. The summed E-state index contributed by atoms with van der Waals surface area (Å²) in [6.07, 6.45) is 8.69. The first-order chi connectivity index (χ1) is 17.9. The molecule has 4 aromatic rings. The molecule has 2 amide bonds. The van der Waals surface area contributed by atoms with Gasteiger partial charge in [-0.3, -0.25) is 19.7 Å². The zero-order valence-electron chi connectivity index (χ0n) is 21.4. The first-order valence-electron chi connectivity index (χ1n) is 12.2. The van der Waals surface area contributed by atoms with Gasteiger partial charge in [0.25, 0.3) is 5.91 Å². The Morgan fingerprint density at radius 1 is 1.11 bits per heavy atom. The van der Waals surface area contributed by atoms with E-state index in [1.54, 1.807) is 42.6 Å². The SMILES string of the molecule is C=C/C=C(/C(=O)N(CC)CC)c1nc(-c2[nH]nc3ncc(-c4cncc(NC(=O)CC)c4)cc23)[nH]c1C. The number of carbonyl (C=O) groups is 2. The number of aryl methyl sites for hydroxylation is 1. The van der Waals surface area contributed by atoms with E-state index in [0.717, 1.165) is 22.2 Å². The highest BCUT2D eigenvalue weighted by Gasteiger charge is 2.23. The number of pyridine rings is 2. The number of hydrogen-bond acceptors (Lipinski definition) is 6. The normalized spacial score (nSPS) is 11.5. The second-order valence-corrected chi connectivity index (χ2v) is 8.41. The van der Waals surface area contributed by atoms with Crippen molar-refractivity contribution in [2.24, 2.45) is 0 Å². The number of likely N-dealkylation sites (N-methyl/N-ethyl adjacent to an activating group) is 1. The molecular weight excluding hydrogens is 468 g/mol. The second kappa shape index (κ2) is 11.0. The van der Waals surface area contributed by atoms with Crippen LogP contribution in [0.2, 0.25) is 0 Å². The third-order valence-corrected chi connectivity index (χ3v) is 6.03. The van der Waals surface area contributed by atoms with Crippen molar-refractivity contribution in [2.75, 3.05) is 18.4 Å². The molecule has 0 saturated heterocycles. The minimum absolute atomic E-state index is 0.0852. The van der Waals surface area contributed by atoms with Gasteiger partial charge in [0.05, 0.1) is 28.5 Å². The number of aromatic amines is 2. The van der Waals surface area contributed by atoms with Gasteiger partial charge >= 0.3 is 0 Å². The lowest BCUT2D eigenvalue weighted by Gasteiger charge is -2.19. The average Bonchev–Trinajstić information content (AvgIpc) is 3.50. The molecule has 0 aliphatic heterocycles. The predicted molar refractivity (Wildman–Crippen MR) is 144 cm³/mol. The number of allylic oxidation sites excluding steroid dienone is 2. The molecule has 4 aromatic heterocycles. The number of anilines is 1. The number of hydrogen-bond donors (Lipinski definition) is 3. The van der Waals surface area contributed by atoms with Crippen LogP contribution in [0.1, 0.15) is 38.6 Å². The summed E-state index contributed by atoms with van der Waals surface area (Å²) in [6.45, 7) is 12.5. The maximum Gasteiger partial charge on any atom is 0.256 e. The third kappa shape index (κ3) is 5.18. The van der Waals surface area contributed by atoms with E-state index in [1.807, 2.05) is 32.9 Å². The van der Waals surface area contributed by atoms with E-state index < -0.39 is 0 Å². The first-order valence-corrected chi connectivity index (χ1v) is 12.2. The summed E-state index contributed by atoms with van der Waals surface area (Å²) in [6, 6.07) is 3.80. The highest BCUT2D eigenvalue weighted by atomic mass is 16.2. The zero-order valence-corrected chi connectivity index (χ0v) is 21.4. The van der Waals surface area contributed by atoms with E-state index in [0.29, 0.717) is 53.6 Å². The van der Waals surface area contributed by atoms with Gasteiger partial charge in [0.1, 0.15) is 5.69 Å². The van der Waals surface area contributed by atoms with Gasteiger partial charge in [0, 0.05) is 48.7 Å². The van der Waals surface area contributed by atoms with E-state index in [2.05, 4.69) is 37.0 Å². The van der Waals surface area contributed by atoms with Crippen LogP contribution in [-0.4, -0.2) is 59.9 Å². The minimum atomic E-state index is -0.105. The van der Waals surface area contributed by atoms with Crippen molar-refractivity contribution in [3.63, 3.8) is 0 Å².